The molecule has 12 heavy (non-hydrogen) atoms. The van der Waals surface area contributed by atoms with Crippen molar-refractivity contribution in [2.24, 2.45) is 0 Å². The van der Waals surface area contributed by atoms with Crippen LogP contribution in [0.3, 0.4) is 0 Å². The molecule has 0 aromatic rings. The Balaban J connectivity index is 0. The summed E-state index contributed by atoms with van der Waals surface area (Å²) in [6.07, 6.45) is 2.67. The molecule has 4 nitrogen and oxygen atoms in total. The van der Waals surface area contributed by atoms with Gasteiger partial charge < -0.3 is 6.74 Å². The van der Waals surface area contributed by atoms with Crippen LogP contribution < -0.4 is 62.0 Å². The van der Waals surface area contributed by atoms with Crippen molar-refractivity contribution in [3.8, 4) is 0 Å². The summed E-state index contributed by atoms with van der Waals surface area (Å²) in [5, 5.41) is 4.70. The molecule has 3 amide bonds. The molecule has 0 radical (unpaired) electrons. The van der Waals surface area contributed by atoms with Crippen molar-refractivity contribution in [1.29, 1.82) is 0 Å². The fraction of sp³-hybridized carbons (Fsp3) is 0.667. The quantitative estimate of drug-likeness (QED) is 0.390. The normalized spacial score (nSPS) is 21.2. The topological polar surface area (TPSA) is 58.2 Å². The number of hydrogen-bond acceptors (Lipinski definition) is 3. The first kappa shape index (κ1) is 12.9. The van der Waals surface area contributed by atoms with Crippen molar-refractivity contribution in [2.75, 3.05) is 12.0 Å². The second-order valence-electron chi connectivity index (χ2n) is 2.30. The molecule has 1 atom stereocenters. The number of imide groups is 1. The van der Waals surface area contributed by atoms with Gasteiger partial charge in [0.2, 0.25) is 0 Å². The predicted molar refractivity (Wildman–Crippen MR) is 44.6 cm³/mol. The Hall–Kier alpha value is 0.926. The zero-order valence-corrected chi connectivity index (χ0v) is 11.2. The van der Waals surface area contributed by atoms with Crippen molar-refractivity contribution < 1.29 is 62.4 Å². The van der Waals surface area contributed by atoms with Crippen LogP contribution in [-0.4, -0.2) is 30.0 Å². The van der Waals surface area contributed by atoms with Gasteiger partial charge in [-0.25, -0.2) is 4.79 Å². The van der Waals surface area contributed by atoms with Crippen molar-refractivity contribution in [3.05, 3.63) is 0 Å². The summed E-state index contributed by atoms with van der Waals surface area (Å²) < 4.78 is 0. The molecule has 0 aromatic carbocycles. The first-order valence-corrected chi connectivity index (χ1v) is 4.73. The van der Waals surface area contributed by atoms with Crippen LogP contribution in [0.15, 0.2) is 0 Å². The summed E-state index contributed by atoms with van der Waals surface area (Å²) in [4.78, 5) is 21.5. The molecular formula is C6H11KN2O2S. The van der Waals surface area contributed by atoms with Crippen LogP contribution in [-0.2, 0) is 4.79 Å². The number of carbonyl (C=O) groups is 2. The van der Waals surface area contributed by atoms with Crippen molar-refractivity contribution >= 4 is 23.7 Å². The van der Waals surface area contributed by atoms with Gasteiger partial charge in [-0.2, -0.15) is 11.8 Å². The number of rotatable bonds is 3. The minimum atomic E-state index is -0.374. The van der Waals surface area contributed by atoms with Crippen molar-refractivity contribution in [3.63, 3.8) is 0 Å². The molecule has 0 bridgehead atoms. The van der Waals surface area contributed by atoms with E-state index in [1.807, 2.05) is 6.26 Å². The third-order valence-electron chi connectivity index (χ3n) is 1.47. The molecule has 6 heteroatoms. The largest absolute Gasteiger partial charge is 1.00 e. The van der Waals surface area contributed by atoms with E-state index in [1.54, 1.807) is 11.8 Å². The smallest absolute Gasteiger partial charge is 1.00 e. The monoisotopic (exact) mass is 214 g/mol. The number of thioether (sulfide) groups is 1. The number of carbonyl (C=O) groups excluding carboxylic acids is 2. The molecule has 64 valence electrons. The van der Waals surface area contributed by atoms with Crippen molar-refractivity contribution in [1.82, 2.24) is 10.6 Å². The van der Waals surface area contributed by atoms with Crippen LogP contribution in [0.2, 0.25) is 0 Å². The molecule has 1 aliphatic heterocycles. The van der Waals surface area contributed by atoms with Crippen molar-refractivity contribution in [2.45, 2.75) is 12.5 Å². The third-order valence-corrected chi connectivity index (χ3v) is 2.11. The standard InChI is InChI=1S/C6H10N2O2S.K.H/c1-11-3-2-4-5(9)8-6(10)7-4;;/h4H,2-3H2,1H3,(H2,7,8,9,10);;/q;+1;-1. The Bertz CT molecular complexity index is 193. The first-order valence-electron chi connectivity index (χ1n) is 3.34. The van der Waals surface area contributed by atoms with Crippen LogP contribution in [0.1, 0.15) is 7.85 Å². The molecule has 0 aliphatic carbocycles. The maximum atomic E-state index is 10.9. The molecule has 0 saturated carbocycles. The predicted octanol–water partition coefficient (Wildman–Crippen LogP) is -2.94. The second-order valence-corrected chi connectivity index (χ2v) is 3.28. The molecule has 1 unspecified atom stereocenters. The summed E-state index contributed by atoms with van der Waals surface area (Å²) in [7, 11) is 0. The Morgan fingerprint density at radius 3 is 2.67 bits per heavy atom. The van der Waals surface area contributed by atoms with Crippen LogP contribution >= 0.6 is 11.8 Å². The van der Waals surface area contributed by atoms with Gasteiger partial charge in [-0.3, -0.25) is 10.1 Å². The molecule has 1 rings (SSSR count). The van der Waals surface area contributed by atoms with Gasteiger partial charge in [0.25, 0.3) is 5.91 Å². The van der Waals surface area contributed by atoms with E-state index < -0.39 is 0 Å². The van der Waals surface area contributed by atoms with Crippen LogP contribution in [0.4, 0.5) is 4.79 Å². The molecule has 1 heterocycles. The third kappa shape index (κ3) is 3.76. The van der Waals surface area contributed by atoms with E-state index in [0.717, 1.165) is 5.75 Å². The molecule has 2 N–H and O–H groups in total. The van der Waals surface area contributed by atoms with Crippen LogP contribution in [0.25, 0.3) is 0 Å². The van der Waals surface area contributed by atoms with Gasteiger partial charge in [0.15, 0.2) is 0 Å². The van der Waals surface area contributed by atoms with Crippen LogP contribution in [0.5, 0.6) is 0 Å². The zero-order chi connectivity index (χ0) is 8.27. The van der Waals surface area contributed by atoms with Crippen LogP contribution in [0, 0.1) is 0 Å². The SMILES string of the molecule is CSCCC1NC(=O)NC1=O.[H-].[K+]. The van der Waals surface area contributed by atoms with E-state index in [1.165, 1.54) is 0 Å². The number of amides is 3. The van der Waals surface area contributed by atoms with Gasteiger partial charge in [-0.15, -0.1) is 0 Å². The first-order chi connectivity index (χ1) is 5.24. The summed E-state index contributed by atoms with van der Waals surface area (Å²) in [6.45, 7) is 0. The number of nitrogens with one attached hydrogen (secondary N) is 2. The molecule has 1 aliphatic rings. The van der Waals surface area contributed by atoms with Gasteiger partial charge >= 0.3 is 57.4 Å². The summed E-state index contributed by atoms with van der Waals surface area (Å²) in [5.41, 5.74) is 0. The fourth-order valence-corrected chi connectivity index (χ4v) is 1.37. The number of hydrogen-bond donors (Lipinski definition) is 2. The maximum absolute atomic E-state index is 10.9. The molecule has 0 aromatic heterocycles. The molecule has 0 spiro atoms. The van der Waals surface area contributed by atoms with Gasteiger partial charge in [-0.05, 0) is 18.4 Å². The number of urea groups is 1. The van der Waals surface area contributed by atoms with E-state index in [2.05, 4.69) is 10.6 Å². The van der Waals surface area contributed by atoms with E-state index in [4.69, 9.17) is 0 Å². The van der Waals surface area contributed by atoms with E-state index in [9.17, 15) is 9.59 Å². The molecular weight excluding hydrogens is 203 g/mol. The summed E-state index contributed by atoms with van der Waals surface area (Å²) in [5.74, 6) is 0.683. The average Bonchev–Trinajstić information content (AvgIpc) is 2.26. The summed E-state index contributed by atoms with van der Waals surface area (Å²) >= 11 is 1.66. The molecule has 1 saturated heterocycles. The summed E-state index contributed by atoms with van der Waals surface area (Å²) in [6, 6.07) is -0.684. The zero-order valence-electron chi connectivity index (χ0n) is 8.22. The van der Waals surface area contributed by atoms with E-state index in [-0.39, 0.29) is 70.8 Å². The minimum absolute atomic E-state index is 0. The Labute approximate surface area is 120 Å². The van der Waals surface area contributed by atoms with Gasteiger partial charge in [-0.1, -0.05) is 0 Å². The molecule has 1 fully saturated rings. The average molecular weight is 214 g/mol. The van der Waals surface area contributed by atoms with Gasteiger partial charge in [0.1, 0.15) is 6.04 Å². The minimum Gasteiger partial charge on any atom is -1.00 e. The van der Waals surface area contributed by atoms with Gasteiger partial charge in [0.05, 0.1) is 0 Å². The Morgan fingerprint density at radius 2 is 2.25 bits per heavy atom. The van der Waals surface area contributed by atoms with E-state index in [0.29, 0.717) is 6.42 Å². The van der Waals surface area contributed by atoms with E-state index >= 15 is 0 Å². The second kappa shape index (κ2) is 6.39. The maximum Gasteiger partial charge on any atom is 1.00 e. The van der Waals surface area contributed by atoms with Gasteiger partial charge in [0, 0.05) is 0 Å². The Kier molecular flexibility index (Phi) is 6.88. The fourth-order valence-electron chi connectivity index (χ4n) is 0.898. The Morgan fingerprint density at radius 1 is 1.58 bits per heavy atom.